The number of hydrogen-bond acceptors (Lipinski definition) is 3. The third kappa shape index (κ3) is 5.56. The van der Waals surface area contributed by atoms with Gasteiger partial charge in [-0.1, -0.05) is 32.0 Å². The summed E-state index contributed by atoms with van der Waals surface area (Å²) in [5.41, 5.74) is 2.11. The van der Waals surface area contributed by atoms with E-state index in [-0.39, 0.29) is 30.1 Å². The van der Waals surface area contributed by atoms with E-state index in [1.54, 1.807) is 4.90 Å². The Balaban J connectivity index is 1.79. The lowest BCUT2D eigenvalue weighted by atomic mass is 9.89. The molecule has 1 aromatic carbocycles. The van der Waals surface area contributed by atoms with E-state index in [0.29, 0.717) is 0 Å². The minimum Gasteiger partial charge on any atom is -0.345 e. The van der Waals surface area contributed by atoms with Crippen LogP contribution in [0.4, 0.5) is 5.69 Å². The highest BCUT2D eigenvalue weighted by atomic mass is 16.2. The standard InChI is InChI=1S/C20H31N3O2/c1-5-16-8-6-7-9-17(16)21-18(24)10-11-19(25)23(4)15-20(2)12-13-22(3)14-20/h6-9H,5,10-15H2,1-4H3,(H,21,24). The smallest absolute Gasteiger partial charge is 0.224 e. The summed E-state index contributed by atoms with van der Waals surface area (Å²) in [6.45, 7) is 7.13. The summed E-state index contributed by atoms with van der Waals surface area (Å²) >= 11 is 0. The summed E-state index contributed by atoms with van der Waals surface area (Å²) in [6, 6.07) is 7.79. The van der Waals surface area contributed by atoms with Gasteiger partial charge in [0.2, 0.25) is 11.8 Å². The maximum atomic E-state index is 12.4. The summed E-state index contributed by atoms with van der Waals surface area (Å²) in [6.07, 6.45) is 2.45. The van der Waals surface area contributed by atoms with E-state index in [4.69, 9.17) is 0 Å². The van der Waals surface area contributed by atoms with Crippen molar-refractivity contribution in [3.8, 4) is 0 Å². The third-order valence-corrected chi connectivity index (χ3v) is 5.03. The molecule has 1 aliphatic heterocycles. The number of nitrogens with zero attached hydrogens (tertiary/aromatic N) is 2. The van der Waals surface area contributed by atoms with Gasteiger partial charge in [0.1, 0.15) is 0 Å². The van der Waals surface area contributed by atoms with Crippen molar-refractivity contribution >= 4 is 17.5 Å². The number of carbonyl (C=O) groups excluding carboxylic acids is 2. The van der Waals surface area contributed by atoms with Crippen LogP contribution in [0.5, 0.6) is 0 Å². The van der Waals surface area contributed by atoms with Crippen molar-refractivity contribution in [2.24, 2.45) is 5.41 Å². The zero-order valence-corrected chi connectivity index (χ0v) is 16.0. The SMILES string of the molecule is CCc1ccccc1NC(=O)CCC(=O)N(C)CC1(C)CCN(C)C1. The number of anilines is 1. The Bertz CT molecular complexity index is 617. The fourth-order valence-corrected chi connectivity index (χ4v) is 3.63. The second-order valence-corrected chi connectivity index (χ2v) is 7.61. The van der Waals surface area contributed by atoms with Crippen molar-refractivity contribution < 1.29 is 9.59 Å². The topological polar surface area (TPSA) is 52.7 Å². The lowest BCUT2D eigenvalue weighted by Gasteiger charge is -2.30. The molecule has 5 nitrogen and oxygen atoms in total. The minimum atomic E-state index is -0.102. The molecule has 1 aromatic rings. The van der Waals surface area contributed by atoms with Gasteiger partial charge in [-0.15, -0.1) is 0 Å². The first-order valence-electron chi connectivity index (χ1n) is 9.13. The number of nitrogens with one attached hydrogen (secondary N) is 1. The van der Waals surface area contributed by atoms with E-state index >= 15 is 0 Å². The number of aryl methyl sites for hydroxylation is 1. The van der Waals surface area contributed by atoms with Gasteiger partial charge < -0.3 is 15.1 Å². The van der Waals surface area contributed by atoms with Crippen LogP contribution >= 0.6 is 0 Å². The van der Waals surface area contributed by atoms with Gasteiger partial charge in [-0.2, -0.15) is 0 Å². The van der Waals surface area contributed by atoms with Gasteiger partial charge in [0.05, 0.1) is 0 Å². The van der Waals surface area contributed by atoms with Crippen molar-refractivity contribution in [2.45, 2.75) is 39.5 Å². The molecule has 1 fully saturated rings. The minimum absolute atomic E-state index is 0.0368. The molecule has 1 N–H and O–H groups in total. The van der Waals surface area contributed by atoms with E-state index in [9.17, 15) is 9.59 Å². The maximum Gasteiger partial charge on any atom is 0.224 e. The summed E-state index contributed by atoms with van der Waals surface area (Å²) in [5.74, 6) is -0.0656. The Morgan fingerprint density at radius 2 is 2.00 bits per heavy atom. The van der Waals surface area contributed by atoms with Gasteiger partial charge in [-0.25, -0.2) is 0 Å². The number of para-hydroxylation sites is 1. The summed E-state index contributed by atoms with van der Waals surface area (Å²) in [4.78, 5) is 28.6. The van der Waals surface area contributed by atoms with Gasteiger partial charge >= 0.3 is 0 Å². The monoisotopic (exact) mass is 345 g/mol. The molecule has 2 amide bonds. The van der Waals surface area contributed by atoms with Crippen molar-refractivity contribution in [1.82, 2.24) is 9.80 Å². The molecule has 25 heavy (non-hydrogen) atoms. The third-order valence-electron chi connectivity index (χ3n) is 5.03. The molecule has 0 aliphatic carbocycles. The van der Waals surface area contributed by atoms with E-state index in [0.717, 1.165) is 43.7 Å². The molecule has 1 aliphatic rings. The second-order valence-electron chi connectivity index (χ2n) is 7.61. The first-order valence-corrected chi connectivity index (χ1v) is 9.13. The lowest BCUT2D eigenvalue weighted by Crippen LogP contribution is -2.39. The normalized spacial score (nSPS) is 20.5. The van der Waals surface area contributed by atoms with Crippen LogP contribution in [0, 0.1) is 5.41 Å². The first-order chi connectivity index (χ1) is 11.8. The zero-order valence-electron chi connectivity index (χ0n) is 16.0. The van der Waals surface area contributed by atoms with Crippen molar-refractivity contribution in [2.75, 3.05) is 39.0 Å². The highest BCUT2D eigenvalue weighted by Crippen LogP contribution is 2.29. The fraction of sp³-hybridized carbons (Fsp3) is 0.600. The van der Waals surface area contributed by atoms with Crippen LogP contribution in [0.25, 0.3) is 0 Å². The predicted octanol–water partition coefficient (Wildman–Crippen LogP) is 2.77. The summed E-state index contributed by atoms with van der Waals surface area (Å²) < 4.78 is 0. The van der Waals surface area contributed by atoms with Crippen LogP contribution in [0.1, 0.15) is 38.7 Å². The molecule has 0 radical (unpaired) electrons. The Hall–Kier alpha value is -1.88. The lowest BCUT2D eigenvalue weighted by molar-refractivity contribution is -0.132. The number of benzene rings is 1. The number of carbonyl (C=O) groups is 2. The molecule has 0 spiro atoms. The van der Waals surface area contributed by atoms with Gasteiger partial charge in [-0.3, -0.25) is 9.59 Å². The molecule has 0 bridgehead atoms. The fourth-order valence-electron chi connectivity index (χ4n) is 3.63. The number of amides is 2. The van der Waals surface area contributed by atoms with E-state index < -0.39 is 0 Å². The van der Waals surface area contributed by atoms with Crippen LogP contribution in [-0.4, -0.2) is 55.3 Å². The molecular formula is C20H31N3O2. The summed E-state index contributed by atoms with van der Waals surface area (Å²) in [7, 11) is 3.96. The summed E-state index contributed by atoms with van der Waals surface area (Å²) in [5, 5.41) is 2.93. The zero-order chi connectivity index (χ0) is 18.4. The quantitative estimate of drug-likeness (QED) is 0.827. The number of likely N-dealkylation sites (tertiary alicyclic amines) is 1. The number of hydrogen-bond donors (Lipinski definition) is 1. The molecular weight excluding hydrogens is 314 g/mol. The molecule has 138 valence electrons. The molecule has 0 aromatic heterocycles. The largest absolute Gasteiger partial charge is 0.345 e. The predicted molar refractivity (Wildman–Crippen MR) is 102 cm³/mol. The van der Waals surface area contributed by atoms with Crippen molar-refractivity contribution in [3.05, 3.63) is 29.8 Å². The molecule has 5 heteroatoms. The molecule has 0 saturated carbocycles. The van der Waals surface area contributed by atoms with Crippen molar-refractivity contribution in [1.29, 1.82) is 0 Å². The molecule has 1 saturated heterocycles. The van der Waals surface area contributed by atoms with Gasteiger partial charge in [-0.05, 0) is 43.5 Å². The van der Waals surface area contributed by atoms with Crippen LogP contribution in [0.3, 0.4) is 0 Å². The van der Waals surface area contributed by atoms with E-state index in [1.165, 1.54) is 0 Å². The average Bonchev–Trinajstić information content (AvgIpc) is 2.91. The van der Waals surface area contributed by atoms with Crippen LogP contribution < -0.4 is 5.32 Å². The molecule has 1 unspecified atom stereocenters. The van der Waals surface area contributed by atoms with E-state index in [1.807, 2.05) is 31.3 Å². The first kappa shape index (κ1) is 19.4. The average molecular weight is 345 g/mol. The van der Waals surface area contributed by atoms with Crippen LogP contribution in [0.2, 0.25) is 0 Å². The Morgan fingerprint density at radius 1 is 1.28 bits per heavy atom. The van der Waals surface area contributed by atoms with Gasteiger partial charge in [0, 0.05) is 38.7 Å². The second kappa shape index (κ2) is 8.48. The van der Waals surface area contributed by atoms with E-state index in [2.05, 4.69) is 31.1 Å². The Kier molecular flexibility index (Phi) is 6.59. The Labute approximate surface area is 151 Å². The van der Waals surface area contributed by atoms with Gasteiger partial charge in [0.15, 0.2) is 0 Å². The molecule has 2 rings (SSSR count). The highest BCUT2D eigenvalue weighted by molar-refractivity contribution is 5.93. The maximum absolute atomic E-state index is 12.4. The van der Waals surface area contributed by atoms with Gasteiger partial charge in [0.25, 0.3) is 0 Å². The molecule has 1 heterocycles. The Morgan fingerprint density at radius 3 is 2.64 bits per heavy atom. The van der Waals surface area contributed by atoms with Crippen LogP contribution in [-0.2, 0) is 16.0 Å². The number of rotatable bonds is 7. The molecule has 1 atom stereocenters. The van der Waals surface area contributed by atoms with Crippen LogP contribution in [0.15, 0.2) is 24.3 Å². The highest BCUT2D eigenvalue weighted by Gasteiger charge is 2.33. The van der Waals surface area contributed by atoms with Crippen molar-refractivity contribution in [3.63, 3.8) is 0 Å².